The summed E-state index contributed by atoms with van der Waals surface area (Å²) in [7, 11) is 0. The molecule has 1 N–H and O–H groups in total. The number of fused-ring (bicyclic) bond motifs is 2. The summed E-state index contributed by atoms with van der Waals surface area (Å²) in [4.78, 5) is 33.4. The summed E-state index contributed by atoms with van der Waals surface area (Å²) < 4.78 is 17.8. The number of ether oxygens (including phenoxy) is 3. The monoisotopic (exact) mass is 554 g/mol. The number of rotatable bonds is 6. The van der Waals surface area contributed by atoms with Crippen LogP contribution in [0.3, 0.4) is 0 Å². The number of aliphatic hydroxyl groups is 1. The van der Waals surface area contributed by atoms with Gasteiger partial charge in [0, 0.05) is 5.56 Å². The van der Waals surface area contributed by atoms with Crippen molar-refractivity contribution in [1.82, 2.24) is 4.98 Å². The summed E-state index contributed by atoms with van der Waals surface area (Å²) >= 11 is 1.33. The highest BCUT2D eigenvalue weighted by Crippen LogP contribution is 2.45. The molecule has 0 aliphatic carbocycles. The Balaban J connectivity index is 1.51. The van der Waals surface area contributed by atoms with Crippen LogP contribution in [0.25, 0.3) is 16.0 Å². The van der Waals surface area contributed by atoms with E-state index in [4.69, 9.17) is 19.2 Å². The van der Waals surface area contributed by atoms with Crippen molar-refractivity contribution >= 4 is 44.1 Å². The highest BCUT2D eigenvalue weighted by atomic mass is 32.1. The maximum absolute atomic E-state index is 13.6. The number of carbonyl (C=O) groups excluding carboxylic acids is 2. The highest BCUT2D eigenvalue weighted by Gasteiger charge is 2.48. The number of aryl methyl sites for hydroxylation is 2. The van der Waals surface area contributed by atoms with Crippen molar-refractivity contribution in [3.63, 3.8) is 0 Å². The first kappa shape index (κ1) is 25.6. The number of carbonyl (C=O) groups is 2. The molecule has 1 amide bonds. The van der Waals surface area contributed by atoms with Gasteiger partial charge in [0.25, 0.3) is 5.78 Å². The van der Waals surface area contributed by atoms with Crippen LogP contribution >= 0.6 is 11.3 Å². The third-order valence-corrected chi connectivity index (χ3v) is 7.85. The smallest absolute Gasteiger partial charge is 0.301 e. The van der Waals surface area contributed by atoms with Gasteiger partial charge in [-0.25, -0.2) is 4.98 Å². The van der Waals surface area contributed by atoms with Crippen LogP contribution in [0.1, 0.15) is 28.3 Å². The molecule has 1 atom stereocenters. The fourth-order valence-electron chi connectivity index (χ4n) is 5.05. The Morgan fingerprint density at radius 2 is 1.85 bits per heavy atom. The van der Waals surface area contributed by atoms with Gasteiger partial charge in [0.1, 0.15) is 31.3 Å². The van der Waals surface area contributed by atoms with Crippen LogP contribution in [0.4, 0.5) is 5.13 Å². The minimum absolute atomic E-state index is 0.0337. The Bertz CT molecular complexity index is 1710. The summed E-state index contributed by atoms with van der Waals surface area (Å²) in [6.07, 6.45) is 1.65. The third kappa shape index (κ3) is 4.38. The van der Waals surface area contributed by atoms with Crippen molar-refractivity contribution in [3.8, 4) is 17.2 Å². The van der Waals surface area contributed by atoms with Gasteiger partial charge in [-0.15, -0.1) is 0 Å². The van der Waals surface area contributed by atoms with E-state index in [9.17, 15) is 14.7 Å². The van der Waals surface area contributed by atoms with Crippen molar-refractivity contribution in [3.05, 3.63) is 95.1 Å². The van der Waals surface area contributed by atoms with Crippen molar-refractivity contribution in [1.29, 1.82) is 0 Å². The van der Waals surface area contributed by atoms with E-state index in [1.54, 1.807) is 48.5 Å². The molecule has 40 heavy (non-hydrogen) atoms. The van der Waals surface area contributed by atoms with E-state index in [0.29, 0.717) is 53.3 Å². The molecule has 0 spiro atoms. The lowest BCUT2D eigenvalue weighted by Gasteiger charge is -2.23. The van der Waals surface area contributed by atoms with Crippen LogP contribution in [-0.2, 0) is 9.59 Å². The molecule has 1 saturated heterocycles. The molecule has 9 heteroatoms. The standard InChI is InChI=1S/C31H26N2O6S/c1-4-11-37-21-8-5-19(6-9-21)27-25(28(34)20-7-10-22-23(16-20)39-13-12-38-22)29(35)30(36)33(27)31-32-26-18(3)14-17(2)15-24(26)40-31/h4-10,14-16,27,34H,1,11-13H2,2-3H3/b28-25+. The minimum atomic E-state index is -0.913. The maximum Gasteiger partial charge on any atom is 0.301 e. The van der Waals surface area contributed by atoms with E-state index in [-0.39, 0.29) is 11.3 Å². The number of hydrogen-bond acceptors (Lipinski definition) is 8. The molecule has 6 rings (SSSR count). The molecular weight excluding hydrogens is 528 g/mol. The summed E-state index contributed by atoms with van der Waals surface area (Å²) in [5, 5.41) is 11.9. The number of Topliss-reactive ketones (excluding diaryl/α,β-unsaturated/α-hetero) is 1. The fourth-order valence-corrected chi connectivity index (χ4v) is 6.22. The van der Waals surface area contributed by atoms with Gasteiger partial charge in [0.05, 0.1) is 21.8 Å². The number of amides is 1. The van der Waals surface area contributed by atoms with Crippen molar-refractivity contribution < 1.29 is 28.9 Å². The molecule has 8 nitrogen and oxygen atoms in total. The highest BCUT2D eigenvalue weighted by molar-refractivity contribution is 7.22. The van der Waals surface area contributed by atoms with Crippen LogP contribution in [0, 0.1) is 13.8 Å². The third-order valence-electron chi connectivity index (χ3n) is 6.85. The number of thiazole rings is 1. The second kappa shape index (κ2) is 10.2. The Morgan fingerprint density at radius 1 is 1.10 bits per heavy atom. The first-order valence-corrected chi connectivity index (χ1v) is 13.6. The Kier molecular flexibility index (Phi) is 6.51. The van der Waals surface area contributed by atoms with Crippen LogP contribution < -0.4 is 19.1 Å². The first-order valence-electron chi connectivity index (χ1n) is 12.8. The molecule has 202 valence electrons. The van der Waals surface area contributed by atoms with E-state index in [2.05, 4.69) is 6.58 Å². The van der Waals surface area contributed by atoms with Gasteiger partial charge < -0.3 is 19.3 Å². The first-order chi connectivity index (χ1) is 19.4. The predicted molar refractivity (Wildman–Crippen MR) is 153 cm³/mol. The number of nitrogens with zero attached hydrogens (tertiary/aromatic N) is 2. The van der Waals surface area contributed by atoms with Gasteiger partial charge in [-0.2, -0.15) is 0 Å². The Morgan fingerprint density at radius 3 is 2.60 bits per heavy atom. The molecule has 1 fully saturated rings. The lowest BCUT2D eigenvalue weighted by Crippen LogP contribution is -2.29. The second-order valence-corrected chi connectivity index (χ2v) is 10.6. The normalized spacial score (nSPS) is 17.9. The summed E-state index contributed by atoms with van der Waals surface area (Å²) in [6.45, 7) is 8.78. The molecule has 0 bridgehead atoms. The average molecular weight is 555 g/mol. The fraction of sp³-hybridized carbons (Fsp3) is 0.194. The van der Waals surface area contributed by atoms with Crippen LogP contribution in [0.15, 0.2) is 72.8 Å². The molecule has 1 aromatic heterocycles. The van der Waals surface area contributed by atoms with Gasteiger partial charge in [-0.05, 0) is 66.9 Å². The van der Waals surface area contributed by atoms with Crippen molar-refractivity contribution in [2.24, 2.45) is 0 Å². The zero-order valence-corrected chi connectivity index (χ0v) is 22.8. The largest absolute Gasteiger partial charge is 0.507 e. The van der Waals surface area contributed by atoms with Crippen molar-refractivity contribution in [2.45, 2.75) is 19.9 Å². The number of hydrogen-bond donors (Lipinski definition) is 1. The molecule has 3 heterocycles. The quantitative estimate of drug-likeness (QED) is 0.138. The van der Waals surface area contributed by atoms with E-state index >= 15 is 0 Å². The predicted octanol–water partition coefficient (Wildman–Crippen LogP) is 5.88. The van der Waals surface area contributed by atoms with Gasteiger partial charge in [0.2, 0.25) is 0 Å². The van der Waals surface area contributed by atoms with E-state index in [0.717, 1.165) is 21.3 Å². The van der Waals surface area contributed by atoms with Gasteiger partial charge in [-0.3, -0.25) is 14.5 Å². The van der Waals surface area contributed by atoms with Crippen LogP contribution in [-0.4, -0.2) is 41.6 Å². The van der Waals surface area contributed by atoms with E-state index in [1.807, 2.05) is 26.0 Å². The molecule has 2 aliphatic rings. The van der Waals surface area contributed by atoms with Crippen LogP contribution in [0.2, 0.25) is 0 Å². The minimum Gasteiger partial charge on any atom is -0.507 e. The summed E-state index contributed by atoms with van der Waals surface area (Å²) in [6, 6.07) is 15.1. The lowest BCUT2D eigenvalue weighted by molar-refractivity contribution is -0.132. The molecular formula is C31H26N2O6S. The molecule has 0 saturated carbocycles. The Labute approximate surface area is 234 Å². The lowest BCUT2D eigenvalue weighted by atomic mass is 9.95. The zero-order valence-electron chi connectivity index (χ0n) is 22.0. The Hall–Kier alpha value is -4.63. The van der Waals surface area contributed by atoms with Crippen LogP contribution in [0.5, 0.6) is 17.2 Å². The van der Waals surface area contributed by atoms with Crippen molar-refractivity contribution in [2.75, 3.05) is 24.7 Å². The number of ketones is 1. The molecule has 2 aliphatic heterocycles. The SMILES string of the molecule is C=CCOc1ccc(C2/C(=C(\O)c3ccc4c(c3)OCCO4)C(=O)C(=O)N2c2nc3c(C)cc(C)cc3s2)cc1. The number of anilines is 1. The summed E-state index contributed by atoms with van der Waals surface area (Å²) in [5.74, 6) is -0.237. The number of aromatic nitrogens is 1. The second-order valence-electron chi connectivity index (χ2n) is 9.62. The molecule has 3 aromatic carbocycles. The maximum atomic E-state index is 13.6. The topological polar surface area (TPSA) is 98.2 Å². The summed E-state index contributed by atoms with van der Waals surface area (Å²) in [5.41, 5.74) is 3.75. The number of aliphatic hydroxyl groups excluding tert-OH is 1. The number of benzene rings is 3. The van der Waals surface area contributed by atoms with Gasteiger partial charge >= 0.3 is 5.91 Å². The molecule has 1 unspecified atom stereocenters. The van der Waals surface area contributed by atoms with E-state index < -0.39 is 17.7 Å². The van der Waals surface area contributed by atoms with Gasteiger partial charge in [-0.1, -0.05) is 42.2 Å². The van der Waals surface area contributed by atoms with E-state index in [1.165, 1.54) is 16.2 Å². The van der Waals surface area contributed by atoms with Gasteiger partial charge in [0.15, 0.2) is 16.6 Å². The molecule has 0 radical (unpaired) electrons. The average Bonchev–Trinajstić information content (AvgIpc) is 3.49. The molecule has 4 aromatic rings. The zero-order chi connectivity index (χ0) is 28.0.